The van der Waals surface area contributed by atoms with E-state index in [4.69, 9.17) is 19.7 Å². The highest BCUT2D eigenvalue weighted by Gasteiger charge is 2.34. The molecule has 222 valence electrons. The van der Waals surface area contributed by atoms with E-state index in [1.54, 1.807) is 0 Å². The Morgan fingerprint density at radius 3 is 1.37 bits per heavy atom. The maximum Gasteiger partial charge on any atom is 0.864 e. The molecule has 0 bridgehead atoms. The lowest BCUT2D eigenvalue weighted by atomic mass is 9.85. The molecule has 0 heterocycles. The highest BCUT2D eigenvalue weighted by molar-refractivity contribution is 6.39. The number of nitrogens with two attached hydrogens (primary N) is 1. The molecule has 0 radical (unpaired) electrons. The van der Waals surface area contributed by atoms with Crippen LogP contribution in [0.3, 0.4) is 0 Å². The highest BCUT2D eigenvalue weighted by Crippen LogP contribution is 2.40. The molecular formula is C36H52BNO3. The summed E-state index contributed by atoms with van der Waals surface area (Å²) < 4.78 is 19.5. The Kier molecular flexibility index (Phi) is 13.5. The molecule has 3 aromatic carbocycles. The molecule has 0 amide bonds. The van der Waals surface area contributed by atoms with Crippen molar-refractivity contribution in [2.24, 2.45) is 0 Å². The SMILES string of the molecule is CCCCc1c(N)c(OB(Oc2ccc(CC)cc2)Oc2ccc(CC)cc2)c(CCCC)c(CCCC)c1CC. The number of benzene rings is 3. The molecule has 0 aliphatic heterocycles. The van der Waals surface area contributed by atoms with E-state index in [-0.39, 0.29) is 0 Å². The maximum atomic E-state index is 7.05. The summed E-state index contributed by atoms with van der Waals surface area (Å²) in [6.07, 6.45) is 12.6. The molecule has 0 atom stereocenters. The van der Waals surface area contributed by atoms with E-state index in [2.05, 4.69) is 65.8 Å². The minimum atomic E-state index is -0.983. The van der Waals surface area contributed by atoms with E-state index in [1.165, 1.54) is 33.4 Å². The molecule has 0 aliphatic rings. The Bertz CT molecular complexity index is 1140. The first-order valence-corrected chi connectivity index (χ1v) is 16.1. The molecule has 4 nitrogen and oxygen atoms in total. The van der Waals surface area contributed by atoms with Gasteiger partial charge in [0.15, 0.2) is 0 Å². The second kappa shape index (κ2) is 17.0. The van der Waals surface area contributed by atoms with E-state index in [0.717, 1.165) is 88.5 Å². The fraction of sp³-hybridized carbons (Fsp3) is 0.500. The molecular weight excluding hydrogens is 505 g/mol. The molecule has 0 saturated heterocycles. The molecule has 0 saturated carbocycles. The first-order valence-electron chi connectivity index (χ1n) is 16.1. The fourth-order valence-electron chi connectivity index (χ4n) is 5.44. The summed E-state index contributed by atoms with van der Waals surface area (Å²) in [7, 11) is -0.983. The lowest BCUT2D eigenvalue weighted by Crippen LogP contribution is -2.37. The van der Waals surface area contributed by atoms with Crippen molar-refractivity contribution in [1.29, 1.82) is 0 Å². The van der Waals surface area contributed by atoms with Gasteiger partial charge in [0.2, 0.25) is 0 Å². The van der Waals surface area contributed by atoms with Crippen LogP contribution in [0.5, 0.6) is 17.2 Å². The summed E-state index contributed by atoms with van der Waals surface area (Å²) in [5.41, 5.74) is 15.6. The Balaban J connectivity index is 2.12. The minimum absolute atomic E-state index is 0.702. The minimum Gasteiger partial charge on any atom is -0.490 e. The van der Waals surface area contributed by atoms with Crippen LogP contribution in [0.2, 0.25) is 0 Å². The molecule has 3 rings (SSSR count). The van der Waals surface area contributed by atoms with Gasteiger partial charge in [0.05, 0.1) is 5.69 Å². The summed E-state index contributed by atoms with van der Waals surface area (Å²) in [4.78, 5) is 0. The highest BCUT2D eigenvalue weighted by atomic mass is 16.7. The number of nitrogen functional groups attached to an aromatic ring is 1. The van der Waals surface area contributed by atoms with Crippen molar-refractivity contribution in [2.75, 3.05) is 5.73 Å². The van der Waals surface area contributed by atoms with Crippen molar-refractivity contribution in [2.45, 2.75) is 119 Å². The first kappa shape index (κ1) is 32.4. The molecule has 0 spiro atoms. The van der Waals surface area contributed by atoms with Gasteiger partial charge in [-0.05, 0) is 115 Å². The predicted octanol–water partition coefficient (Wildman–Crippen LogP) is 9.51. The molecule has 3 aromatic rings. The van der Waals surface area contributed by atoms with Gasteiger partial charge in [-0.3, -0.25) is 0 Å². The van der Waals surface area contributed by atoms with Gasteiger partial charge in [0.1, 0.15) is 17.2 Å². The lowest BCUT2D eigenvalue weighted by Gasteiger charge is -2.26. The van der Waals surface area contributed by atoms with Crippen molar-refractivity contribution < 1.29 is 14.0 Å². The average Bonchev–Trinajstić information content (AvgIpc) is 3.00. The maximum absolute atomic E-state index is 7.05. The molecule has 41 heavy (non-hydrogen) atoms. The third-order valence-electron chi connectivity index (χ3n) is 7.97. The second-order valence-corrected chi connectivity index (χ2v) is 11.0. The van der Waals surface area contributed by atoms with E-state index in [0.29, 0.717) is 11.5 Å². The molecule has 2 N–H and O–H groups in total. The normalized spacial score (nSPS) is 11.0. The van der Waals surface area contributed by atoms with Crippen LogP contribution < -0.4 is 19.7 Å². The largest absolute Gasteiger partial charge is 0.864 e. The zero-order valence-corrected chi connectivity index (χ0v) is 26.5. The van der Waals surface area contributed by atoms with E-state index in [9.17, 15) is 0 Å². The van der Waals surface area contributed by atoms with Gasteiger partial charge in [-0.15, -0.1) is 0 Å². The third-order valence-corrected chi connectivity index (χ3v) is 7.97. The van der Waals surface area contributed by atoms with Crippen molar-refractivity contribution in [3.05, 3.63) is 81.9 Å². The van der Waals surface area contributed by atoms with Crippen molar-refractivity contribution in [3.63, 3.8) is 0 Å². The van der Waals surface area contributed by atoms with Crippen molar-refractivity contribution in [1.82, 2.24) is 0 Å². The Labute approximate surface area is 250 Å². The van der Waals surface area contributed by atoms with Gasteiger partial charge in [-0.1, -0.05) is 85.1 Å². The monoisotopic (exact) mass is 557 g/mol. The van der Waals surface area contributed by atoms with Crippen LogP contribution in [0.4, 0.5) is 5.69 Å². The molecule has 0 aliphatic carbocycles. The van der Waals surface area contributed by atoms with E-state index < -0.39 is 7.32 Å². The van der Waals surface area contributed by atoms with Gasteiger partial charge in [0.25, 0.3) is 0 Å². The van der Waals surface area contributed by atoms with Crippen LogP contribution in [-0.2, 0) is 38.5 Å². The average molecular weight is 558 g/mol. The zero-order chi connectivity index (χ0) is 29.6. The van der Waals surface area contributed by atoms with Gasteiger partial charge in [-0.2, -0.15) is 0 Å². The number of anilines is 1. The number of hydrogen-bond donors (Lipinski definition) is 1. The van der Waals surface area contributed by atoms with Crippen molar-refractivity contribution in [3.8, 4) is 17.2 Å². The summed E-state index contributed by atoms with van der Waals surface area (Å²) in [6.45, 7) is 13.3. The topological polar surface area (TPSA) is 53.7 Å². The predicted molar refractivity (Wildman–Crippen MR) is 175 cm³/mol. The van der Waals surface area contributed by atoms with Crippen LogP contribution in [0.25, 0.3) is 0 Å². The van der Waals surface area contributed by atoms with Crippen LogP contribution >= 0.6 is 0 Å². The van der Waals surface area contributed by atoms with Gasteiger partial charge in [0, 0.05) is 0 Å². The number of rotatable bonds is 18. The molecule has 0 aromatic heterocycles. The number of hydrogen-bond acceptors (Lipinski definition) is 4. The number of aryl methyl sites for hydroxylation is 2. The van der Waals surface area contributed by atoms with Crippen LogP contribution in [0.15, 0.2) is 48.5 Å². The standard InChI is InChI=1S/C36H52BNO3/c1-7-13-16-32-31(12-6)33(17-14-8-2)35(38)36(34(32)18-15-9-3)41-37(39-29-23-19-27(10-4)20-24-29)40-30-25-21-28(11-5)22-26-30/h19-26H,7-18,38H2,1-6H3. The smallest absolute Gasteiger partial charge is 0.490 e. The van der Waals surface area contributed by atoms with Gasteiger partial charge < -0.3 is 19.7 Å². The van der Waals surface area contributed by atoms with Crippen LogP contribution in [0.1, 0.15) is 113 Å². The molecule has 0 fully saturated rings. The van der Waals surface area contributed by atoms with E-state index in [1.807, 2.05) is 24.3 Å². The quantitative estimate of drug-likeness (QED) is 0.125. The Hall–Kier alpha value is -3.08. The summed E-state index contributed by atoms with van der Waals surface area (Å²) in [5, 5.41) is 0. The Morgan fingerprint density at radius 1 is 0.512 bits per heavy atom. The van der Waals surface area contributed by atoms with Crippen LogP contribution in [0, 0.1) is 0 Å². The van der Waals surface area contributed by atoms with E-state index >= 15 is 0 Å². The lowest BCUT2D eigenvalue weighted by molar-refractivity contribution is 0.306. The molecule has 5 heteroatoms. The first-order chi connectivity index (χ1) is 20.0. The van der Waals surface area contributed by atoms with Crippen LogP contribution in [-0.4, -0.2) is 7.32 Å². The van der Waals surface area contributed by atoms with Gasteiger partial charge >= 0.3 is 7.32 Å². The second-order valence-electron chi connectivity index (χ2n) is 11.0. The summed E-state index contributed by atoms with van der Waals surface area (Å²) in [6, 6.07) is 16.3. The summed E-state index contributed by atoms with van der Waals surface area (Å²) >= 11 is 0. The third kappa shape index (κ3) is 8.95. The fourth-order valence-corrected chi connectivity index (χ4v) is 5.44. The van der Waals surface area contributed by atoms with Crippen molar-refractivity contribution >= 4 is 13.0 Å². The number of unbranched alkanes of at least 4 members (excludes halogenated alkanes) is 3. The molecule has 0 unspecified atom stereocenters. The van der Waals surface area contributed by atoms with Gasteiger partial charge in [-0.25, -0.2) is 0 Å². The Morgan fingerprint density at radius 2 is 0.951 bits per heavy atom. The summed E-state index contributed by atoms with van der Waals surface area (Å²) in [5.74, 6) is 2.15. The zero-order valence-electron chi connectivity index (χ0n) is 26.5.